The minimum atomic E-state index is -0.161. The maximum atomic E-state index is 8.78. The first-order valence-electron chi connectivity index (χ1n) is 4.26. The van der Waals surface area contributed by atoms with Gasteiger partial charge < -0.3 is 14.3 Å². The summed E-state index contributed by atoms with van der Waals surface area (Å²) in [5.74, 6) is 0.621. The highest BCUT2D eigenvalue weighted by molar-refractivity contribution is 9.10. The number of nitrogens with zero attached hydrogens (tertiary/aromatic N) is 1. The summed E-state index contributed by atoms with van der Waals surface area (Å²) >= 11 is 3.32. The maximum absolute atomic E-state index is 8.78. The zero-order chi connectivity index (χ0) is 10.7. The molecule has 1 N–H and O–H groups in total. The van der Waals surface area contributed by atoms with Crippen molar-refractivity contribution in [2.75, 3.05) is 0 Å². The molecule has 2 aromatic rings. The average molecular weight is 270 g/mol. The van der Waals surface area contributed by atoms with E-state index in [-0.39, 0.29) is 12.7 Å². The molecule has 15 heavy (non-hydrogen) atoms. The molecule has 0 amide bonds. The van der Waals surface area contributed by atoms with Gasteiger partial charge in [-0.15, -0.1) is 0 Å². The number of hydrogen-bond donors (Lipinski definition) is 1. The van der Waals surface area contributed by atoms with Gasteiger partial charge in [-0.2, -0.15) is 4.98 Å². The van der Waals surface area contributed by atoms with Gasteiger partial charge in [0.1, 0.15) is 17.7 Å². The van der Waals surface area contributed by atoms with Crippen molar-refractivity contribution < 1.29 is 14.3 Å². The normalized spacial score (nSPS) is 10.3. The molecule has 0 spiro atoms. The van der Waals surface area contributed by atoms with Gasteiger partial charge in [0, 0.05) is 4.47 Å². The second kappa shape index (κ2) is 4.46. The SMILES string of the molecule is OCc1coc(Oc2cccc(Br)c2)n1. The Hall–Kier alpha value is -1.33. The van der Waals surface area contributed by atoms with Gasteiger partial charge in [0.15, 0.2) is 0 Å². The first kappa shape index (κ1) is 10.2. The number of aromatic nitrogens is 1. The second-order valence-corrected chi connectivity index (χ2v) is 3.74. The third kappa shape index (κ3) is 2.57. The summed E-state index contributed by atoms with van der Waals surface area (Å²) in [4.78, 5) is 3.90. The number of aliphatic hydroxyl groups excluding tert-OH is 1. The van der Waals surface area contributed by atoms with Crippen LogP contribution in [0.5, 0.6) is 11.8 Å². The summed E-state index contributed by atoms with van der Waals surface area (Å²) in [6.45, 7) is -0.161. The number of ether oxygens (including phenoxy) is 1. The van der Waals surface area contributed by atoms with E-state index < -0.39 is 0 Å². The number of benzene rings is 1. The van der Waals surface area contributed by atoms with Gasteiger partial charge >= 0.3 is 6.08 Å². The molecule has 0 aliphatic carbocycles. The number of rotatable bonds is 3. The lowest BCUT2D eigenvalue weighted by Gasteiger charge is -1.99. The van der Waals surface area contributed by atoms with Crippen molar-refractivity contribution in [3.63, 3.8) is 0 Å². The highest BCUT2D eigenvalue weighted by atomic mass is 79.9. The number of hydrogen-bond acceptors (Lipinski definition) is 4. The van der Waals surface area contributed by atoms with E-state index in [4.69, 9.17) is 14.3 Å². The standard InChI is InChI=1S/C10H8BrNO3/c11-7-2-1-3-9(4-7)15-10-12-8(5-13)6-14-10/h1-4,6,13H,5H2. The van der Waals surface area contributed by atoms with Crippen molar-refractivity contribution in [2.24, 2.45) is 0 Å². The van der Waals surface area contributed by atoms with Gasteiger partial charge in [0.25, 0.3) is 0 Å². The topological polar surface area (TPSA) is 55.5 Å². The van der Waals surface area contributed by atoms with Crippen molar-refractivity contribution in [1.82, 2.24) is 4.98 Å². The van der Waals surface area contributed by atoms with Gasteiger partial charge in [-0.25, -0.2) is 0 Å². The van der Waals surface area contributed by atoms with Crippen LogP contribution in [-0.4, -0.2) is 10.1 Å². The van der Waals surface area contributed by atoms with Crippen LogP contribution in [0.2, 0.25) is 0 Å². The Morgan fingerprint density at radius 2 is 2.33 bits per heavy atom. The molecular weight excluding hydrogens is 262 g/mol. The molecule has 1 heterocycles. The summed E-state index contributed by atoms with van der Waals surface area (Å²) in [6, 6.07) is 7.31. The Bertz CT molecular complexity index is 455. The van der Waals surface area contributed by atoms with E-state index in [9.17, 15) is 0 Å². The average Bonchev–Trinajstić information content (AvgIpc) is 2.65. The molecule has 4 nitrogen and oxygen atoms in total. The van der Waals surface area contributed by atoms with E-state index >= 15 is 0 Å². The van der Waals surface area contributed by atoms with E-state index in [0.717, 1.165) is 4.47 Å². The molecule has 78 valence electrons. The van der Waals surface area contributed by atoms with E-state index in [1.54, 1.807) is 12.1 Å². The largest absolute Gasteiger partial charge is 0.417 e. The van der Waals surface area contributed by atoms with Crippen LogP contribution in [0.1, 0.15) is 5.69 Å². The Morgan fingerprint density at radius 1 is 1.47 bits per heavy atom. The van der Waals surface area contributed by atoms with Crippen LogP contribution in [0.3, 0.4) is 0 Å². The molecule has 0 aliphatic heterocycles. The molecule has 5 heteroatoms. The molecule has 0 aliphatic rings. The van der Waals surface area contributed by atoms with Crippen LogP contribution in [0, 0.1) is 0 Å². The first-order valence-corrected chi connectivity index (χ1v) is 5.06. The zero-order valence-corrected chi connectivity index (χ0v) is 9.27. The molecule has 0 atom stereocenters. The van der Waals surface area contributed by atoms with E-state index in [1.165, 1.54) is 6.26 Å². The predicted octanol–water partition coefficient (Wildman–Crippen LogP) is 2.72. The Kier molecular flexibility index (Phi) is 3.03. The highest BCUT2D eigenvalue weighted by Gasteiger charge is 2.05. The zero-order valence-electron chi connectivity index (χ0n) is 7.68. The fraction of sp³-hybridized carbons (Fsp3) is 0.100. The third-order valence-corrected chi connectivity index (χ3v) is 2.19. The Labute approximate surface area is 94.6 Å². The van der Waals surface area contributed by atoms with Gasteiger partial charge in [-0.05, 0) is 18.2 Å². The van der Waals surface area contributed by atoms with Gasteiger partial charge in [0.2, 0.25) is 0 Å². The minimum Gasteiger partial charge on any atom is -0.417 e. The maximum Gasteiger partial charge on any atom is 0.399 e. The van der Waals surface area contributed by atoms with Gasteiger partial charge in [-0.3, -0.25) is 0 Å². The quantitative estimate of drug-likeness (QED) is 0.931. The van der Waals surface area contributed by atoms with E-state index in [0.29, 0.717) is 11.4 Å². The smallest absolute Gasteiger partial charge is 0.399 e. The molecule has 0 fully saturated rings. The first-order chi connectivity index (χ1) is 7.28. The molecule has 0 saturated carbocycles. The lowest BCUT2D eigenvalue weighted by Crippen LogP contribution is -1.85. The number of halogens is 1. The van der Waals surface area contributed by atoms with Crippen molar-refractivity contribution in [3.05, 3.63) is 40.7 Å². The summed E-state index contributed by atoms with van der Waals surface area (Å²) < 4.78 is 11.2. The Balaban J connectivity index is 2.14. The van der Waals surface area contributed by atoms with Crippen molar-refractivity contribution in [3.8, 4) is 11.8 Å². The van der Waals surface area contributed by atoms with Crippen LogP contribution in [0.4, 0.5) is 0 Å². The molecular formula is C10H8BrNO3. The molecule has 0 saturated heterocycles. The van der Waals surface area contributed by atoms with Crippen molar-refractivity contribution in [1.29, 1.82) is 0 Å². The lowest BCUT2D eigenvalue weighted by atomic mass is 10.3. The molecule has 1 aromatic heterocycles. The third-order valence-electron chi connectivity index (χ3n) is 1.69. The summed E-state index contributed by atoms with van der Waals surface area (Å²) in [6.07, 6.45) is 1.48. The summed E-state index contributed by atoms with van der Waals surface area (Å²) in [5.41, 5.74) is 0.444. The van der Waals surface area contributed by atoms with Gasteiger partial charge in [0.05, 0.1) is 6.61 Å². The molecule has 0 unspecified atom stereocenters. The van der Waals surface area contributed by atoms with Crippen molar-refractivity contribution in [2.45, 2.75) is 6.61 Å². The molecule has 1 aromatic carbocycles. The minimum absolute atomic E-state index is 0.122. The van der Waals surface area contributed by atoms with Crippen LogP contribution >= 0.6 is 15.9 Å². The molecule has 0 bridgehead atoms. The molecule has 0 radical (unpaired) electrons. The second-order valence-electron chi connectivity index (χ2n) is 2.82. The Morgan fingerprint density at radius 3 is 3.00 bits per heavy atom. The van der Waals surface area contributed by atoms with Crippen LogP contribution in [0.15, 0.2) is 39.4 Å². The van der Waals surface area contributed by atoms with Gasteiger partial charge in [-0.1, -0.05) is 22.0 Å². The van der Waals surface area contributed by atoms with Crippen LogP contribution in [0.25, 0.3) is 0 Å². The monoisotopic (exact) mass is 269 g/mol. The fourth-order valence-corrected chi connectivity index (χ4v) is 1.42. The lowest BCUT2D eigenvalue weighted by molar-refractivity contribution is 0.276. The van der Waals surface area contributed by atoms with Crippen LogP contribution < -0.4 is 4.74 Å². The number of oxazole rings is 1. The van der Waals surface area contributed by atoms with E-state index in [2.05, 4.69) is 20.9 Å². The predicted molar refractivity (Wildman–Crippen MR) is 56.6 cm³/mol. The summed E-state index contributed by atoms with van der Waals surface area (Å²) in [5, 5.41) is 8.78. The van der Waals surface area contributed by atoms with Crippen molar-refractivity contribution >= 4 is 15.9 Å². The summed E-state index contributed by atoms with van der Waals surface area (Å²) in [7, 11) is 0. The molecule has 2 rings (SSSR count). The van der Waals surface area contributed by atoms with Crippen LogP contribution in [-0.2, 0) is 6.61 Å². The van der Waals surface area contributed by atoms with E-state index in [1.807, 2.05) is 12.1 Å². The fourth-order valence-electron chi connectivity index (χ4n) is 1.04. The number of aliphatic hydroxyl groups is 1. The highest BCUT2D eigenvalue weighted by Crippen LogP contribution is 2.23.